The summed E-state index contributed by atoms with van der Waals surface area (Å²) in [5, 5.41) is 6.44. The van der Waals surface area contributed by atoms with E-state index in [2.05, 4.69) is 10.2 Å². The second kappa shape index (κ2) is 5.00. The smallest absolute Gasteiger partial charge is 0.312 e. The van der Waals surface area contributed by atoms with Crippen LogP contribution in [-0.2, 0) is 16.0 Å². The van der Waals surface area contributed by atoms with Crippen LogP contribution in [0, 0.1) is 0 Å². The Kier molecular flexibility index (Phi) is 4.63. The van der Waals surface area contributed by atoms with Crippen LogP contribution in [0.5, 0.6) is 0 Å². The predicted octanol–water partition coefficient (Wildman–Crippen LogP) is 1.72. The van der Waals surface area contributed by atoms with Gasteiger partial charge in [-0.15, -0.1) is 12.4 Å². The molecule has 0 atom stereocenters. The fourth-order valence-corrected chi connectivity index (χ4v) is 0.916. The van der Waals surface area contributed by atoms with E-state index in [9.17, 15) is 4.79 Å². The Balaban J connectivity index is 0.00000169. The fraction of sp³-hybridized carbons (Fsp3) is 0.556. The second-order valence-corrected chi connectivity index (χ2v) is 3.85. The highest BCUT2D eigenvalue weighted by Crippen LogP contribution is 2.08. The molecule has 0 aliphatic rings. The van der Waals surface area contributed by atoms with E-state index in [1.54, 1.807) is 12.3 Å². The summed E-state index contributed by atoms with van der Waals surface area (Å²) in [6.45, 7) is 5.54. The number of aromatic amines is 1. The Morgan fingerprint density at radius 1 is 1.57 bits per heavy atom. The Hall–Kier alpha value is -1.03. The number of rotatable bonds is 2. The van der Waals surface area contributed by atoms with E-state index in [-0.39, 0.29) is 24.8 Å². The minimum absolute atomic E-state index is 0. The number of esters is 1. The minimum Gasteiger partial charge on any atom is -0.460 e. The van der Waals surface area contributed by atoms with Gasteiger partial charge in [-0.25, -0.2) is 0 Å². The first-order valence-corrected chi connectivity index (χ1v) is 4.17. The molecule has 0 aliphatic heterocycles. The van der Waals surface area contributed by atoms with Gasteiger partial charge in [-0.2, -0.15) is 5.10 Å². The second-order valence-electron chi connectivity index (χ2n) is 3.85. The van der Waals surface area contributed by atoms with Gasteiger partial charge in [-0.3, -0.25) is 9.89 Å². The van der Waals surface area contributed by atoms with E-state index in [1.165, 1.54) is 0 Å². The average Bonchev–Trinajstić information content (AvgIpc) is 2.34. The van der Waals surface area contributed by atoms with Crippen molar-refractivity contribution in [2.45, 2.75) is 32.8 Å². The van der Waals surface area contributed by atoms with Gasteiger partial charge in [-0.05, 0) is 26.8 Å². The van der Waals surface area contributed by atoms with Gasteiger partial charge in [0, 0.05) is 11.9 Å². The Morgan fingerprint density at radius 3 is 2.64 bits per heavy atom. The number of nitrogens with one attached hydrogen (secondary N) is 1. The van der Waals surface area contributed by atoms with Gasteiger partial charge in [0.2, 0.25) is 0 Å². The van der Waals surface area contributed by atoms with Crippen LogP contribution in [0.15, 0.2) is 12.3 Å². The summed E-state index contributed by atoms with van der Waals surface area (Å²) in [6.07, 6.45) is 1.86. The summed E-state index contributed by atoms with van der Waals surface area (Å²) in [5.74, 6) is -0.239. The average molecular weight is 219 g/mol. The molecule has 1 rings (SSSR count). The number of carbonyl (C=O) groups excluding carboxylic acids is 1. The van der Waals surface area contributed by atoms with Crippen molar-refractivity contribution in [1.82, 2.24) is 10.2 Å². The highest BCUT2D eigenvalue weighted by Gasteiger charge is 2.16. The van der Waals surface area contributed by atoms with Crippen molar-refractivity contribution in [3.63, 3.8) is 0 Å². The summed E-state index contributed by atoms with van der Waals surface area (Å²) in [5.41, 5.74) is 0.353. The highest BCUT2D eigenvalue weighted by atomic mass is 35.5. The SMILES string of the molecule is CC(C)(C)OC(=O)Cc1ccn[nH]1.Cl. The standard InChI is InChI=1S/C9H14N2O2.ClH/c1-9(2,3)13-8(12)6-7-4-5-10-11-7;/h4-5H,6H2,1-3H3,(H,10,11);1H. The molecule has 0 fully saturated rings. The van der Waals surface area contributed by atoms with Crippen molar-refractivity contribution in [2.75, 3.05) is 0 Å². The van der Waals surface area contributed by atoms with Crippen LogP contribution < -0.4 is 0 Å². The number of H-pyrrole nitrogens is 1. The first kappa shape index (κ1) is 13.0. The first-order chi connectivity index (χ1) is 5.97. The molecule has 1 N–H and O–H groups in total. The van der Waals surface area contributed by atoms with Crippen molar-refractivity contribution in [1.29, 1.82) is 0 Å². The lowest BCUT2D eigenvalue weighted by atomic mass is 10.2. The molecule has 0 radical (unpaired) electrons. The lowest BCUT2D eigenvalue weighted by Crippen LogP contribution is -2.24. The van der Waals surface area contributed by atoms with Crippen LogP contribution in [-0.4, -0.2) is 21.8 Å². The summed E-state index contributed by atoms with van der Waals surface area (Å²) < 4.78 is 5.12. The number of aromatic nitrogens is 2. The molecular formula is C9H15ClN2O2. The highest BCUT2D eigenvalue weighted by molar-refractivity contribution is 5.85. The number of halogens is 1. The molecule has 1 heterocycles. The minimum atomic E-state index is -0.420. The number of hydrogen-bond donors (Lipinski definition) is 1. The summed E-state index contributed by atoms with van der Waals surface area (Å²) >= 11 is 0. The van der Waals surface area contributed by atoms with E-state index in [4.69, 9.17) is 4.74 Å². The molecule has 5 heteroatoms. The van der Waals surface area contributed by atoms with Crippen LogP contribution in [0.2, 0.25) is 0 Å². The number of hydrogen-bond acceptors (Lipinski definition) is 3. The maximum Gasteiger partial charge on any atom is 0.312 e. The maximum absolute atomic E-state index is 11.3. The number of nitrogens with zero attached hydrogens (tertiary/aromatic N) is 1. The zero-order chi connectivity index (χ0) is 9.90. The van der Waals surface area contributed by atoms with Gasteiger partial charge in [0.1, 0.15) is 5.60 Å². The third kappa shape index (κ3) is 4.87. The molecule has 0 spiro atoms. The molecule has 80 valence electrons. The number of carbonyl (C=O) groups is 1. The normalized spacial score (nSPS) is 10.5. The van der Waals surface area contributed by atoms with Crippen molar-refractivity contribution >= 4 is 18.4 Å². The topological polar surface area (TPSA) is 55.0 Å². The zero-order valence-corrected chi connectivity index (χ0v) is 9.35. The molecule has 0 bridgehead atoms. The molecule has 0 unspecified atom stereocenters. The number of ether oxygens (including phenoxy) is 1. The van der Waals surface area contributed by atoms with Crippen LogP contribution in [0.1, 0.15) is 26.5 Å². The monoisotopic (exact) mass is 218 g/mol. The molecule has 0 aliphatic carbocycles. The van der Waals surface area contributed by atoms with Gasteiger partial charge in [0.25, 0.3) is 0 Å². The molecule has 4 nitrogen and oxygen atoms in total. The quantitative estimate of drug-likeness (QED) is 0.769. The molecule has 0 amide bonds. The molecular weight excluding hydrogens is 204 g/mol. The molecule has 0 saturated carbocycles. The molecule has 14 heavy (non-hydrogen) atoms. The Labute approximate surface area is 89.4 Å². The van der Waals surface area contributed by atoms with Crippen LogP contribution in [0.3, 0.4) is 0 Å². The molecule has 0 aromatic carbocycles. The van der Waals surface area contributed by atoms with E-state index < -0.39 is 5.60 Å². The Bertz CT molecular complexity index is 278. The largest absolute Gasteiger partial charge is 0.460 e. The zero-order valence-electron chi connectivity index (χ0n) is 8.53. The van der Waals surface area contributed by atoms with Crippen LogP contribution >= 0.6 is 12.4 Å². The van der Waals surface area contributed by atoms with Gasteiger partial charge in [0.15, 0.2) is 0 Å². The summed E-state index contributed by atoms with van der Waals surface area (Å²) in [7, 11) is 0. The molecule has 1 aromatic rings. The lowest BCUT2D eigenvalue weighted by molar-refractivity contribution is -0.153. The Morgan fingerprint density at radius 2 is 2.21 bits per heavy atom. The van der Waals surface area contributed by atoms with E-state index in [0.29, 0.717) is 0 Å². The van der Waals surface area contributed by atoms with Crippen molar-refractivity contribution in [3.8, 4) is 0 Å². The first-order valence-electron chi connectivity index (χ1n) is 4.17. The molecule has 1 aromatic heterocycles. The van der Waals surface area contributed by atoms with Gasteiger partial charge in [-0.1, -0.05) is 0 Å². The van der Waals surface area contributed by atoms with Gasteiger partial charge < -0.3 is 4.74 Å². The van der Waals surface area contributed by atoms with E-state index in [0.717, 1.165) is 5.69 Å². The van der Waals surface area contributed by atoms with Crippen molar-refractivity contribution in [3.05, 3.63) is 18.0 Å². The van der Waals surface area contributed by atoms with E-state index >= 15 is 0 Å². The third-order valence-electron chi connectivity index (χ3n) is 1.31. The van der Waals surface area contributed by atoms with Gasteiger partial charge in [0.05, 0.1) is 6.42 Å². The summed E-state index contributed by atoms with van der Waals surface area (Å²) in [6, 6.07) is 1.75. The van der Waals surface area contributed by atoms with Crippen molar-refractivity contribution < 1.29 is 9.53 Å². The predicted molar refractivity (Wildman–Crippen MR) is 55.4 cm³/mol. The molecule has 0 saturated heterocycles. The lowest BCUT2D eigenvalue weighted by Gasteiger charge is -2.19. The third-order valence-corrected chi connectivity index (χ3v) is 1.31. The van der Waals surface area contributed by atoms with Crippen LogP contribution in [0.4, 0.5) is 0 Å². The van der Waals surface area contributed by atoms with Gasteiger partial charge >= 0.3 is 5.97 Å². The van der Waals surface area contributed by atoms with E-state index in [1.807, 2.05) is 20.8 Å². The fourth-order valence-electron chi connectivity index (χ4n) is 0.916. The van der Waals surface area contributed by atoms with Crippen molar-refractivity contribution in [2.24, 2.45) is 0 Å². The van der Waals surface area contributed by atoms with Crippen LogP contribution in [0.25, 0.3) is 0 Å². The maximum atomic E-state index is 11.3. The summed E-state index contributed by atoms with van der Waals surface area (Å²) in [4.78, 5) is 11.3.